The van der Waals surface area contributed by atoms with Gasteiger partial charge in [0.25, 0.3) is 0 Å². The van der Waals surface area contributed by atoms with Crippen LogP contribution in [0.3, 0.4) is 0 Å². The van der Waals surface area contributed by atoms with E-state index < -0.39 is 15.4 Å². The summed E-state index contributed by atoms with van der Waals surface area (Å²) in [5, 5.41) is 2.84. The lowest BCUT2D eigenvalue weighted by atomic mass is 9.83. The van der Waals surface area contributed by atoms with Gasteiger partial charge in [-0.2, -0.15) is 0 Å². The Kier molecular flexibility index (Phi) is 5.34. The summed E-state index contributed by atoms with van der Waals surface area (Å²) in [5.74, 6) is -0.198. The molecular weight excluding hydrogens is 336 g/mol. The van der Waals surface area contributed by atoms with Crippen LogP contribution >= 0.6 is 0 Å². The van der Waals surface area contributed by atoms with Crippen molar-refractivity contribution in [1.82, 2.24) is 4.31 Å². The lowest BCUT2D eigenvalue weighted by Gasteiger charge is -2.24. The second-order valence-corrected chi connectivity index (χ2v) is 8.83. The van der Waals surface area contributed by atoms with Gasteiger partial charge in [-0.05, 0) is 44.0 Å². The average Bonchev–Trinajstić information content (AvgIpc) is 2.57. The van der Waals surface area contributed by atoms with E-state index in [0.29, 0.717) is 11.3 Å². The maximum atomic E-state index is 12.7. The van der Waals surface area contributed by atoms with Crippen molar-refractivity contribution < 1.29 is 13.2 Å². The van der Waals surface area contributed by atoms with Gasteiger partial charge in [-0.25, -0.2) is 12.7 Å². The summed E-state index contributed by atoms with van der Waals surface area (Å²) in [7, 11) is -0.602. The Labute approximate surface area is 149 Å². The van der Waals surface area contributed by atoms with Crippen LogP contribution in [0.2, 0.25) is 0 Å². The zero-order chi connectivity index (χ0) is 18.8. The normalized spacial score (nSPS) is 12.2. The molecule has 5 nitrogen and oxygen atoms in total. The number of carbonyl (C=O) groups excluding carboxylic acids is 1. The van der Waals surface area contributed by atoms with E-state index in [1.807, 2.05) is 44.2 Å². The molecule has 0 heterocycles. The number of rotatable bonds is 5. The molecule has 0 radical (unpaired) electrons. The number of amides is 1. The average molecular weight is 360 g/mol. The van der Waals surface area contributed by atoms with Gasteiger partial charge in [0.2, 0.25) is 15.9 Å². The van der Waals surface area contributed by atoms with E-state index in [4.69, 9.17) is 0 Å². The van der Waals surface area contributed by atoms with Crippen LogP contribution < -0.4 is 5.32 Å². The van der Waals surface area contributed by atoms with Crippen molar-refractivity contribution in [1.29, 1.82) is 0 Å². The summed E-state index contributed by atoms with van der Waals surface area (Å²) in [6, 6.07) is 14.4. The number of nitrogens with one attached hydrogen (secondary N) is 1. The third kappa shape index (κ3) is 3.91. The van der Waals surface area contributed by atoms with Gasteiger partial charge in [-0.1, -0.05) is 36.4 Å². The molecular formula is C19H24N2O3S. The summed E-state index contributed by atoms with van der Waals surface area (Å²) >= 11 is 0. The standard InChI is InChI=1S/C19H24N2O3S/c1-14-11-12-16(13-17(14)25(23,24)21(4)5)20-18(22)19(2,3)15-9-7-6-8-10-15/h6-13H,1-5H3,(H,20,22). The van der Waals surface area contributed by atoms with E-state index in [9.17, 15) is 13.2 Å². The van der Waals surface area contributed by atoms with Crippen molar-refractivity contribution in [3.05, 3.63) is 59.7 Å². The van der Waals surface area contributed by atoms with Gasteiger partial charge in [0, 0.05) is 19.8 Å². The van der Waals surface area contributed by atoms with Gasteiger partial charge in [-0.15, -0.1) is 0 Å². The summed E-state index contributed by atoms with van der Waals surface area (Å²) in [6.45, 7) is 5.41. The van der Waals surface area contributed by atoms with Crippen LogP contribution in [0.15, 0.2) is 53.4 Å². The van der Waals surface area contributed by atoms with Crippen LogP contribution in [0.25, 0.3) is 0 Å². The van der Waals surface area contributed by atoms with Crippen LogP contribution in [0.4, 0.5) is 5.69 Å². The Morgan fingerprint density at radius 1 is 1.04 bits per heavy atom. The maximum absolute atomic E-state index is 12.7. The first-order valence-electron chi connectivity index (χ1n) is 7.97. The fourth-order valence-corrected chi connectivity index (χ4v) is 3.57. The van der Waals surface area contributed by atoms with Crippen molar-refractivity contribution in [3.63, 3.8) is 0 Å². The molecule has 134 valence electrons. The molecule has 25 heavy (non-hydrogen) atoms. The molecule has 0 spiro atoms. The van der Waals surface area contributed by atoms with Crippen molar-refractivity contribution in [2.24, 2.45) is 0 Å². The molecule has 0 saturated heterocycles. The quantitative estimate of drug-likeness (QED) is 0.891. The molecule has 0 bridgehead atoms. The van der Waals surface area contributed by atoms with Crippen molar-refractivity contribution in [3.8, 4) is 0 Å². The molecule has 6 heteroatoms. The Balaban J connectivity index is 2.34. The summed E-state index contributed by atoms with van der Waals surface area (Å²) in [5.41, 5.74) is 1.24. The summed E-state index contributed by atoms with van der Waals surface area (Å²) in [6.07, 6.45) is 0. The molecule has 1 amide bonds. The Bertz CT molecular complexity index is 873. The van der Waals surface area contributed by atoms with Crippen LogP contribution in [-0.4, -0.2) is 32.7 Å². The molecule has 0 atom stereocenters. The minimum absolute atomic E-state index is 0.188. The van der Waals surface area contributed by atoms with Crippen LogP contribution in [0.1, 0.15) is 25.0 Å². The number of hydrogen-bond donors (Lipinski definition) is 1. The number of aryl methyl sites for hydroxylation is 1. The van der Waals surface area contributed by atoms with Crippen LogP contribution in [-0.2, 0) is 20.2 Å². The van der Waals surface area contributed by atoms with Gasteiger partial charge < -0.3 is 5.32 Å². The fraction of sp³-hybridized carbons (Fsp3) is 0.316. The smallest absolute Gasteiger partial charge is 0.242 e. The molecule has 0 saturated carbocycles. The fourth-order valence-electron chi connectivity index (χ4n) is 2.43. The van der Waals surface area contributed by atoms with E-state index in [1.165, 1.54) is 20.2 Å². The molecule has 0 unspecified atom stereocenters. The molecule has 2 rings (SSSR count). The molecule has 2 aromatic carbocycles. The number of benzene rings is 2. The van der Waals surface area contributed by atoms with Crippen molar-refractivity contribution >= 4 is 21.6 Å². The molecule has 0 aliphatic carbocycles. The lowest BCUT2D eigenvalue weighted by molar-refractivity contribution is -0.120. The largest absolute Gasteiger partial charge is 0.325 e. The molecule has 1 N–H and O–H groups in total. The van der Waals surface area contributed by atoms with Gasteiger partial charge >= 0.3 is 0 Å². The maximum Gasteiger partial charge on any atom is 0.242 e. The monoisotopic (exact) mass is 360 g/mol. The van der Waals surface area contributed by atoms with E-state index in [2.05, 4.69) is 5.32 Å². The predicted molar refractivity (Wildman–Crippen MR) is 100 cm³/mol. The zero-order valence-corrected chi connectivity index (χ0v) is 16.0. The first-order chi connectivity index (χ1) is 11.6. The third-order valence-corrected chi connectivity index (χ3v) is 6.22. The number of sulfonamides is 1. The van der Waals surface area contributed by atoms with E-state index in [0.717, 1.165) is 9.87 Å². The van der Waals surface area contributed by atoms with Crippen molar-refractivity contribution in [2.45, 2.75) is 31.1 Å². The molecule has 2 aromatic rings. The van der Waals surface area contributed by atoms with Crippen molar-refractivity contribution in [2.75, 3.05) is 19.4 Å². The Morgan fingerprint density at radius 2 is 1.64 bits per heavy atom. The minimum atomic E-state index is -3.57. The lowest BCUT2D eigenvalue weighted by Crippen LogP contribution is -2.34. The van der Waals surface area contributed by atoms with E-state index in [-0.39, 0.29) is 10.8 Å². The topological polar surface area (TPSA) is 66.5 Å². The second kappa shape index (κ2) is 6.98. The molecule has 0 aliphatic heterocycles. The van der Waals surface area contributed by atoms with Crippen LogP contribution in [0.5, 0.6) is 0 Å². The Hall–Kier alpha value is -2.18. The van der Waals surface area contributed by atoms with Gasteiger partial charge in [0.05, 0.1) is 10.3 Å². The number of nitrogens with zero attached hydrogens (tertiary/aromatic N) is 1. The summed E-state index contributed by atoms with van der Waals surface area (Å²) < 4.78 is 26.0. The SMILES string of the molecule is Cc1ccc(NC(=O)C(C)(C)c2ccccc2)cc1S(=O)(=O)N(C)C. The number of hydrogen-bond acceptors (Lipinski definition) is 3. The zero-order valence-electron chi connectivity index (χ0n) is 15.2. The second-order valence-electron chi connectivity index (χ2n) is 6.71. The minimum Gasteiger partial charge on any atom is -0.325 e. The number of anilines is 1. The first kappa shape index (κ1) is 19.1. The van der Waals surface area contributed by atoms with Gasteiger partial charge in [0.15, 0.2) is 0 Å². The molecule has 0 aliphatic rings. The van der Waals surface area contributed by atoms with Crippen LogP contribution in [0, 0.1) is 6.92 Å². The molecule has 0 aromatic heterocycles. The third-order valence-electron chi connectivity index (χ3n) is 4.27. The highest BCUT2D eigenvalue weighted by molar-refractivity contribution is 7.89. The highest BCUT2D eigenvalue weighted by Gasteiger charge is 2.30. The van der Waals surface area contributed by atoms with Gasteiger partial charge in [0.1, 0.15) is 0 Å². The van der Waals surface area contributed by atoms with Gasteiger partial charge in [-0.3, -0.25) is 4.79 Å². The van der Waals surface area contributed by atoms with E-state index >= 15 is 0 Å². The predicted octanol–water partition coefficient (Wildman–Crippen LogP) is 3.16. The molecule has 0 fully saturated rings. The first-order valence-corrected chi connectivity index (χ1v) is 9.41. The van der Waals surface area contributed by atoms with E-state index in [1.54, 1.807) is 19.1 Å². The summed E-state index contributed by atoms with van der Waals surface area (Å²) in [4.78, 5) is 12.9. The highest BCUT2D eigenvalue weighted by atomic mass is 32.2. The Morgan fingerprint density at radius 3 is 2.20 bits per heavy atom. The number of carbonyl (C=O) groups is 1. The highest BCUT2D eigenvalue weighted by Crippen LogP contribution is 2.27.